The summed E-state index contributed by atoms with van der Waals surface area (Å²) in [5.74, 6) is -0.351. The van der Waals surface area contributed by atoms with Crippen LogP contribution in [0.25, 0.3) is 17.0 Å². The lowest BCUT2D eigenvalue weighted by atomic mass is 9.97. The Kier molecular flexibility index (Phi) is 11.0. The Labute approximate surface area is 271 Å². The standard InChI is InChI=1S/C36H41N5O4S/c1-3-27-14-8-10-19-46(44,45)41(2)31-22-28(27)21-29(23-31)36(43)40-34(20-26-12-5-4-6-13-26)35(42)25-37-24-30-15-11-17-33(39-30)32-16-7-9-18-38-32/h4-7,9,11-18,21-23,34-35,37,42H,3,8,10,19-20,24-25H2,1-2H3,(H,40,43)/b27-14-/t34-,35+/m0/s1. The first kappa shape index (κ1) is 33.0. The number of aliphatic hydroxyl groups is 1. The van der Waals surface area contributed by atoms with E-state index in [1.165, 1.54) is 11.4 Å². The molecule has 46 heavy (non-hydrogen) atoms. The maximum Gasteiger partial charge on any atom is 0.251 e. The first-order valence-corrected chi connectivity index (χ1v) is 17.3. The third-order valence-corrected chi connectivity index (χ3v) is 10.0. The van der Waals surface area contributed by atoms with Gasteiger partial charge in [-0.15, -0.1) is 0 Å². The molecule has 1 amide bonds. The fraction of sp³-hybridized carbons (Fsp3) is 0.306. The minimum Gasteiger partial charge on any atom is -0.390 e. The number of benzene rings is 2. The highest BCUT2D eigenvalue weighted by Gasteiger charge is 2.25. The fourth-order valence-corrected chi connectivity index (χ4v) is 6.78. The molecule has 0 unspecified atom stereocenters. The highest BCUT2D eigenvalue weighted by Crippen LogP contribution is 2.29. The number of carbonyl (C=O) groups is 1. The second-order valence-corrected chi connectivity index (χ2v) is 13.6. The number of rotatable bonds is 11. The van der Waals surface area contributed by atoms with Gasteiger partial charge in [0.2, 0.25) is 10.0 Å². The number of hydrogen-bond donors (Lipinski definition) is 3. The van der Waals surface area contributed by atoms with Crippen LogP contribution in [0.4, 0.5) is 5.69 Å². The van der Waals surface area contributed by atoms with Crippen LogP contribution >= 0.6 is 0 Å². The van der Waals surface area contributed by atoms with Gasteiger partial charge in [-0.05, 0) is 84.8 Å². The Balaban J connectivity index is 1.35. The Morgan fingerprint density at radius 2 is 1.78 bits per heavy atom. The van der Waals surface area contributed by atoms with Gasteiger partial charge in [-0.25, -0.2) is 13.4 Å². The number of allylic oxidation sites excluding steroid dienone is 2. The third-order valence-electron chi connectivity index (χ3n) is 8.18. The molecule has 1 aliphatic heterocycles. The molecule has 3 N–H and O–H groups in total. The molecule has 2 aromatic heterocycles. The van der Waals surface area contributed by atoms with Gasteiger partial charge in [-0.3, -0.25) is 14.1 Å². The Hall–Kier alpha value is -4.38. The van der Waals surface area contributed by atoms with Crippen LogP contribution in [0.15, 0.2) is 97.2 Å². The van der Waals surface area contributed by atoms with Gasteiger partial charge >= 0.3 is 0 Å². The first-order chi connectivity index (χ1) is 22.2. The fourth-order valence-electron chi connectivity index (χ4n) is 5.54. The lowest BCUT2D eigenvalue weighted by molar-refractivity contribution is 0.0829. The van der Waals surface area contributed by atoms with Gasteiger partial charge in [0.05, 0.1) is 40.7 Å². The van der Waals surface area contributed by atoms with E-state index in [9.17, 15) is 18.3 Å². The van der Waals surface area contributed by atoms with Crippen LogP contribution in [0.2, 0.25) is 0 Å². The lowest BCUT2D eigenvalue weighted by Crippen LogP contribution is -2.48. The average Bonchev–Trinajstić information content (AvgIpc) is 3.08. The van der Waals surface area contributed by atoms with Gasteiger partial charge < -0.3 is 15.7 Å². The number of amides is 1. The summed E-state index contributed by atoms with van der Waals surface area (Å²) >= 11 is 0. The molecule has 2 aromatic carbocycles. The highest BCUT2D eigenvalue weighted by molar-refractivity contribution is 7.92. The maximum atomic E-state index is 13.8. The number of nitrogens with one attached hydrogen (secondary N) is 2. The quantitative estimate of drug-likeness (QED) is 0.211. The number of pyridine rings is 2. The van der Waals surface area contributed by atoms with Crippen molar-refractivity contribution < 1.29 is 18.3 Å². The van der Waals surface area contributed by atoms with Crippen molar-refractivity contribution in [3.05, 3.63) is 120 Å². The minimum atomic E-state index is -3.54. The largest absolute Gasteiger partial charge is 0.390 e. The zero-order valence-corrected chi connectivity index (χ0v) is 27.1. The predicted octanol–water partition coefficient (Wildman–Crippen LogP) is 4.99. The summed E-state index contributed by atoms with van der Waals surface area (Å²) in [6.45, 7) is 2.68. The molecule has 0 spiro atoms. The van der Waals surface area contributed by atoms with Gasteiger partial charge in [0, 0.05) is 31.9 Å². The van der Waals surface area contributed by atoms with E-state index < -0.39 is 22.2 Å². The second kappa shape index (κ2) is 15.3. The zero-order valence-electron chi connectivity index (χ0n) is 26.3. The van der Waals surface area contributed by atoms with E-state index >= 15 is 0 Å². The van der Waals surface area contributed by atoms with Crippen molar-refractivity contribution in [1.82, 2.24) is 20.6 Å². The summed E-state index contributed by atoms with van der Waals surface area (Å²) < 4.78 is 27.2. The van der Waals surface area contributed by atoms with E-state index in [4.69, 9.17) is 4.98 Å². The average molecular weight is 640 g/mol. The van der Waals surface area contributed by atoms with Gasteiger partial charge in [0.25, 0.3) is 5.91 Å². The molecule has 0 fully saturated rings. The summed E-state index contributed by atoms with van der Waals surface area (Å²) in [7, 11) is -2.01. The van der Waals surface area contributed by atoms with Crippen LogP contribution in [0.3, 0.4) is 0 Å². The molecule has 2 atom stereocenters. The monoisotopic (exact) mass is 639 g/mol. The maximum absolute atomic E-state index is 13.8. The molecule has 0 saturated heterocycles. The number of nitrogens with zero attached hydrogens (tertiary/aromatic N) is 3. The Morgan fingerprint density at radius 3 is 2.54 bits per heavy atom. The molecule has 2 bridgehead atoms. The highest BCUT2D eigenvalue weighted by atomic mass is 32.2. The number of fused-ring (bicyclic) bond motifs is 2. The number of sulfonamides is 1. The van der Waals surface area contributed by atoms with Gasteiger partial charge in [-0.2, -0.15) is 0 Å². The molecular weight excluding hydrogens is 598 g/mol. The van der Waals surface area contributed by atoms with E-state index in [1.807, 2.05) is 79.7 Å². The smallest absolute Gasteiger partial charge is 0.251 e. The molecular formula is C36H41N5O4S. The van der Waals surface area contributed by atoms with E-state index in [0.717, 1.165) is 40.2 Å². The summed E-state index contributed by atoms with van der Waals surface area (Å²) in [5, 5.41) is 17.7. The van der Waals surface area contributed by atoms with E-state index in [0.29, 0.717) is 37.1 Å². The van der Waals surface area contributed by atoms with Crippen molar-refractivity contribution in [2.75, 3.05) is 23.7 Å². The summed E-state index contributed by atoms with van der Waals surface area (Å²) in [4.78, 5) is 22.9. The minimum absolute atomic E-state index is 0.0318. The van der Waals surface area contributed by atoms with Crippen LogP contribution in [-0.2, 0) is 23.0 Å². The SMILES string of the molecule is CC/C1=C/CCCS(=O)(=O)N(C)c2cc(C(=O)N[C@@H](Cc3ccccc3)[C@H](O)CNCc3cccc(-c4ccccn4)n3)cc1c2. The molecule has 0 aliphatic carbocycles. The zero-order chi connectivity index (χ0) is 32.5. The summed E-state index contributed by atoms with van der Waals surface area (Å²) in [6, 6.07) is 25.7. The van der Waals surface area contributed by atoms with Crippen molar-refractivity contribution in [3.8, 4) is 11.4 Å². The van der Waals surface area contributed by atoms with E-state index in [2.05, 4.69) is 21.7 Å². The number of aromatic nitrogens is 2. The van der Waals surface area contributed by atoms with E-state index in [1.54, 1.807) is 18.3 Å². The van der Waals surface area contributed by atoms with Crippen LogP contribution in [0, 0.1) is 0 Å². The summed E-state index contributed by atoms with van der Waals surface area (Å²) in [5.41, 5.74) is 5.97. The van der Waals surface area contributed by atoms with Crippen LogP contribution in [0.1, 0.15) is 53.4 Å². The van der Waals surface area contributed by atoms with Crippen molar-refractivity contribution in [1.29, 1.82) is 0 Å². The van der Waals surface area contributed by atoms with Gasteiger partial charge in [0.1, 0.15) is 0 Å². The number of anilines is 1. The summed E-state index contributed by atoms with van der Waals surface area (Å²) in [6.07, 6.45) is 5.20. The Bertz CT molecular complexity index is 1760. The number of hydrogen-bond acceptors (Lipinski definition) is 7. The van der Waals surface area contributed by atoms with Crippen LogP contribution < -0.4 is 14.9 Å². The lowest BCUT2D eigenvalue weighted by Gasteiger charge is -2.26. The van der Waals surface area contributed by atoms with Crippen LogP contribution in [-0.4, -0.2) is 60.9 Å². The molecule has 4 aromatic rings. The first-order valence-electron chi connectivity index (χ1n) is 15.7. The van der Waals surface area contributed by atoms with Gasteiger partial charge in [0.15, 0.2) is 0 Å². The second-order valence-electron chi connectivity index (χ2n) is 11.5. The third kappa shape index (κ3) is 8.45. The molecule has 9 nitrogen and oxygen atoms in total. The molecule has 0 radical (unpaired) electrons. The van der Waals surface area contributed by atoms with Crippen molar-refractivity contribution >= 4 is 27.2 Å². The molecule has 1 aliphatic rings. The Morgan fingerprint density at radius 1 is 1.00 bits per heavy atom. The van der Waals surface area contributed by atoms with Crippen molar-refractivity contribution in [2.45, 2.75) is 51.3 Å². The predicted molar refractivity (Wildman–Crippen MR) is 183 cm³/mol. The molecule has 3 heterocycles. The van der Waals surface area contributed by atoms with E-state index in [-0.39, 0.29) is 18.2 Å². The van der Waals surface area contributed by atoms with Gasteiger partial charge in [-0.1, -0.05) is 55.5 Å². The van der Waals surface area contributed by atoms with Crippen molar-refractivity contribution in [2.24, 2.45) is 0 Å². The normalized spacial score (nSPS) is 16.9. The van der Waals surface area contributed by atoms with Crippen LogP contribution in [0.5, 0.6) is 0 Å². The number of aliphatic hydroxyl groups excluding tert-OH is 1. The molecule has 0 saturated carbocycles. The molecule has 240 valence electrons. The topological polar surface area (TPSA) is 125 Å². The number of carbonyl (C=O) groups excluding carboxylic acids is 1. The molecule has 5 rings (SSSR count). The van der Waals surface area contributed by atoms with Crippen molar-refractivity contribution in [3.63, 3.8) is 0 Å². The molecule has 10 heteroatoms.